The minimum Gasteiger partial charge on any atom is -0.315 e. The molecule has 1 heterocycles. The van der Waals surface area contributed by atoms with Crippen LogP contribution in [-0.4, -0.2) is 14.9 Å². The largest absolute Gasteiger partial charge is 0.362 e. The quantitative estimate of drug-likeness (QED) is 0.770. The van der Waals surface area contributed by atoms with Crippen LogP contribution in [0.15, 0.2) is 59.4 Å². The number of aryl methyl sites for hydroxylation is 1. The Morgan fingerprint density at radius 2 is 1.81 bits per heavy atom. The molecule has 0 spiro atoms. The lowest BCUT2D eigenvalue weighted by Gasteiger charge is -2.09. The van der Waals surface area contributed by atoms with Crippen LogP contribution in [0.2, 0.25) is 0 Å². The zero-order valence-electron chi connectivity index (χ0n) is 11.7. The van der Waals surface area contributed by atoms with Crippen LogP contribution >= 0.6 is 0 Å². The molecule has 3 rings (SSSR count). The molecule has 0 saturated carbocycles. The van der Waals surface area contributed by atoms with Crippen molar-refractivity contribution in [2.24, 2.45) is 0 Å². The highest BCUT2D eigenvalue weighted by atomic mass is 16.2. The summed E-state index contributed by atoms with van der Waals surface area (Å²) in [4.78, 5) is 11.9. The van der Waals surface area contributed by atoms with E-state index < -0.39 is 0 Å². The van der Waals surface area contributed by atoms with Crippen molar-refractivity contribution in [3.05, 3.63) is 76.2 Å². The first-order chi connectivity index (χ1) is 10.2. The average molecular weight is 280 g/mol. The van der Waals surface area contributed by atoms with Gasteiger partial charge in [0.25, 0.3) is 0 Å². The highest BCUT2D eigenvalue weighted by molar-refractivity contribution is 5.54. The topological polar surface area (TPSA) is 62.7 Å². The third-order valence-corrected chi connectivity index (χ3v) is 3.27. The molecule has 0 atom stereocenters. The summed E-state index contributed by atoms with van der Waals surface area (Å²) in [5.74, 6) is 0.577. The second-order valence-electron chi connectivity index (χ2n) is 4.87. The first-order valence-electron chi connectivity index (χ1n) is 6.76. The van der Waals surface area contributed by atoms with Crippen LogP contribution in [0.5, 0.6) is 0 Å². The molecule has 1 aromatic heterocycles. The standard InChI is InChI=1S/C16H16N4O/c1-12-7-9-13(10-8-12)11-17-20-15(18-19-16(20)21)14-5-3-2-4-6-14/h2-10,17H,11H2,1H3,(H,19,21). The number of benzene rings is 2. The van der Waals surface area contributed by atoms with Crippen LogP contribution < -0.4 is 11.1 Å². The number of nitrogens with zero attached hydrogens (tertiary/aromatic N) is 2. The molecule has 21 heavy (non-hydrogen) atoms. The van der Waals surface area contributed by atoms with Gasteiger partial charge in [-0.1, -0.05) is 60.2 Å². The van der Waals surface area contributed by atoms with Gasteiger partial charge in [-0.25, -0.2) is 9.89 Å². The Morgan fingerprint density at radius 3 is 2.52 bits per heavy atom. The maximum absolute atomic E-state index is 11.9. The van der Waals surface area contributed by atoms with Crippen LogP contribution in [0.1, 0.15) is 11.1 Å². The first-order valence-corrected chi connectivity index (χ1v) is 6.76. The van der Waals surface area contributed by atoms with Crippen molar-refractivity contribution in [1.29, 1.82) is 0 Å². The lowest BCUT2D eigenvalue weighted by atomic mass is 10.1. The van der Waals surface area contributed by atoms with Gasteiger partial charge in [0.15, 0.2) is 5.82 Å². The first kappa shape index (κ1) is 13.2. The molecule has 5 nitrogen and oxygen atoms in total. The lowest BCUT2D eigenvalue weighted by molar-refractivity contribution is 0.810. The molecule has 2 aromatic carbocycles. The van der Waals surface area contributed by atoms with Crippen molar-refractivity contribution in [2.75, 3.05) is 5.43 Å². The Bertz CT molecular complexity index is 772. The molecule has 0 radical (unpaired) electrons. The highest BCUT2D eigenvalue weighted by Gasteiger charge is 2.09. The molecule has 106 valence electrons. The summed E-state index contributed by atoms with van der Waals surface area (Å²) in [7, 11) is 0. The summed E-state index contributed by atoms with van der Waals surface area (Å²) in [6.45, 7) is 2.60. The van der Waals surface area contributed by atoms with E-state index in [1.165, 1.54) is 10.2 Å². The van der Waals surface area contributed by atoms with Crippen molar-refractivity contribution >= 4 is 0 Å². The zero-order valence-corrected chi connectivity index (χ0v) is 11.7. The third kappa shape index (κ3) is 2.86. The van der Waals surface area contributed by atoms with E-state index in [-0.39, 0.29) is 5.69 Å². The van der Waals surface area contributed by atoms with Crippen molar-refractivity contribution in [3.63, 3.8) is 0 Å². The fourth-order valence-electron chi connectivity index (χ4n) is 2.10. The van der Waals surface area contributed by atoms with Crippen LogP contribution in [0.4, 0.5) is 0 Å². The second-order valence-corrected chi connectivity index (χ2v) is 4.87. The van der Waals surface area contributed by atoms with Gasteiger partial charge in [-0.3, -0.25) is 0 Å². The Morgan fingerprint density at radius 1 is 1.10 bits per heavy atom. The molecule has 0 aliphatic rings. The molecule has 3 aromatic rings. The Labute approximate surface area is 122 Å². The van der Waals surface area contributed by atoms with E-state index in [0.29, 0.717) is 12.4 Å². The normalized spacial score (nSPS) is 10.5. The maximum atomic E-state index is 11.9. The van der Waals surface area contributed by atoms with Crippen molar-refractivity contribution in [2.45, 2.75) is 13.5 Å². The SMILES string of the molecule is Cc1ccc(CNn2c(-c3ccccc3)n[nH]c2=O)cc1. The van der Waals surface area contributed by atoms with Gasteiger partial charge >= 0.3 is 5.69 Å². The van der Waals surface area contributed by atoms with E-state index in [1.807, 2.05) is 61.5 Å². The summed E-state index contributed by atoms with van der Waals surface area (Å²) >= 11 is 0. The van der Waals surface area contributed by atoms with Gasteiger partial charge in [0.2, 0.25) is 0 Å². The van der Waals surface area contributed by atoms with E-state index in [1.54, 1.807) is 0 Å². The molecule has 2 N–H and O–H groups in total. The summed E-state index contributed by atoms with van der Waals surface area (Å²) in [5, 5.41) is 6.55. The van der Waals surface area contributed by atoms with E-state index in [4.69, 9.17) is 0 Å². The minimum absolute atomic E-state index is 0.277. The summed E-state index contributed by atoms with van der Waals surface area (Å²) in [6, 6.07) is 17.8. The molecule has 0 amide bonds. The zero-order chi connectivity index (χ0) is 14.7. The van der Waals surface area contributed by atoms with Gasteiger partial charge in [-0.15, -0.1) is 0 Å². The monoisotopic (exact) mass is 280 g/mol. The minimum atomic E-state index is -0.277. The second kappa shape index (κ2) is 5.66. The van der Waals surface area contributed by atoms with E-state index in [0.717, 1.165) is 11.1 Å². The molecule has 0 aliphatic carbocycles. The predicted molar refractivity (Wildman–Crippen MR) is 82.5 cm³/mol. The Balaban J connectivity index is 1.84. The molecule has 0 fully saturated rings. The molecule has 0 bridgehead atoms. The Hall–Kier alpha value is -2.82. The summed E-state index contributed by atoms with van der Waals surface area (Å²) in [5.41, 5.74) is 6.03. The molecule has 0 aliphatic heterocycles. The fourth-order valence-corrected chi connectivity index (χ4v) is 2.10. The number of nitrogens with one attached hydrogen (secondary N) is 2. The number of H-pyrrole nitrogens is 1. The van der Waals surface area contributed by atoms with Crippen LogP contribution in [0, 0.1) is 6.92 Å². The van der Waals surface area contributed by atoms with Crippen LogP contribution in [0.3, 0.4) is 0 Å². The number of hydrogen-bond acceptors (Lipinski definition) is 3. The highest BCUT2D eigenvalue weighted by Crippen LogP contribution is 2.13. The molecule has 0 saturated heterocycles. The molecular formula is C16H16N4O. The number of hydrogen-bond donors (Lipinski definition) is 2. The number of aromatic nitrogens is 3. The maximum Gasteiger partial charge on any atom is 0.362 e. The van der Waals surface area contributed by atoms with E-state index in [2.05, 4.69) is 15.6 Å². The summed E-state index contributed by atoms with van der Waals surface area (Å²) < 4.78 is 1.44. The van der Waals surface area contributed by atoms with Crippen molar-refractivity contribution in [3.8, 4) is 11.4 Å². The fraction of sp³-hybridized carbons (Fsp3) is 0.125. The van der Waals surface area contributed by atoms with Gasteiger partial charge in [0, 0.05) is 5.56 Å². The smallest absolute Gasteiger partial charge is 0.315 e. The third-order valence-electron chi connectivity index (χ3n) is 3.27. The van der Waals surface area contributed by atoms with E-state index >= 15 is 0 Å². The van der Waals surface area contributed by atoms with Crippen molar-refractivity contribution < 1.29 is 0 Å². The van der Waals surface area contributed by atoms with Crippen molar-refractivity contribution in [1.82, 2.24) is 14.9 Å². The van der Waals surface area contributed by atoms with Crippen LogP contribution in [0.25, 0.3) is 11.4 Å². The Kier molecular flexibility index (Phi) is 3.55. The van der Waals surface area contributed by atoms with Gasteiger partial charge in [0.1, 0.15) is 0 Å². The lowest BCUT2D eigenvalue weighted by Crippen LogP contribution is -2.27. The molecule has 5 heteroatoms. The number of aromatic amines is 1. The van der Waals surface area contributed by atoms with Gasteiger partial charge in [-0.05, 0) is 12.5 Å². The predicted octanol–water partition coefficient (Wildman–Crippen LogP) is 2.29. The van der Waals surface area contributed by atoms with Gasteiger partial charge < -0.3 is 5.43 Å². The number of rotatable bonds is 4. The molecule has 0 unspecified atom stereocenters. The average Bonchev–Trinajstić information content (AvgIpc) is 2.89. The van der Waals surface area contributed by atoms with Crippen LogP contribution in [-0.2, 0) is 6.54 Å². The summed E-state index contributed by atoms with van der Waals surface area (Å²) in [6.07, 6.45) is 0. The van der Waals surface area contributed by atoms with Gasteiger partial charge in [0.05, 0.1) is 6.54 Å². The molecular weight excluding hydrogens is 264 g/mol. The van der Waals surface area contributed by atoms with E-state index in [9.17, 15) is 4.79 Å². The van der Waals surface area contributed by atoms with Gasteiger partial charge in [-0.2, -0.15) is 9.77 Å².